The van der Waals surface area contributed by atoms with Crippen LogP contribution < -0.4 is 0 Å². The molecule has 1 rings (SSSR count). The summed E-state index contributed by atoms with van der Waals surface area (Å²) in [6.07, 6.45) is 0.946. The molecule has 1 aromatic rings. The molecule has 0 unspecified atom stereocenters. The van der Waals surface area contributed by atoms with E-state index in [1.54, 1.807) is 7.05 Å². The van der Waals surface area contributed by atoms with Gasteiger partial charge in [0.05, 0.1) is 9.82 Å². The molecule has 1 atom stereocenters. The lowest BCUT2D eigenvalue weighted by Crippen LogP contribution is -2.43. The molecule has 8 heteroatoms. The summed E-state index contributed by atoms with van der Waals surface area (Å²) in [5, 5.41) is 11.0. The summed E-state index contributed by atoms with van der Waals surface area (Å²) in [6, 6.07) is 3.09. The first-order valence-corrected chi connectivity index (χ1v) is 8.91. The lowest BCUT2D eigenvalue weighted by molar-refractivity contribution is -0.385. The van der Waals surface area contributed by atoms with E-state index in [2.05, 4.69) is 0 Å². The number of hydrogen-bond donors (Lipinski definition) is 0. The predicted octanol–water partition coefficient (Wildman–Crippen LogP) is 2.50. The molecule has 0 saturated carbocycles. The minimum Gasteiger partial charge on any atom is -0.338 e. The van der Waals surface area contributed by atoms with Crippen molar-refractivity contribution in [3.8, 4) is 0 Å². The summed E-state index contributed by atoms with van der Waals surface area (Å²) in [5.41, 5.74) is -0.628. The summed E-state index contributed by atoms with van der Waals surface area (Å²) in [4.78, 5) is 24.1. The minimum absolute atomic E-state index is 0.0155. The molecular formula is C15H22N2O5S. The number of nitrogens with zero attached hydrogens (tertiary/aromatic N) is 2. The molecule has 128 valence electrons. The van der Waals surface area contributed by atoms with E-state index < -0.39 is 26.4 Å². The van der Waals surface area contributed by atoms with Crippen molar-refractivity contribution < 1.29 is 18.1 Å². The molecule has 23 heavy (non-hydrogen) atoms. The monoisotopic (exact) mass is 342 g/mol. The lowest BCUT2D eigenvalue weighted by atomic mass is 9.87. The second kappa shape index (κ2) is 6.27. The van der Waals surface area contributed by atoms with Crippen molar-refractivity contribution in [3.63, 3.8) is 0 Å². The van der Waals surface area contributed by atoms with E-state index in [4.69, 9.17) is 0 Å². The van der Waals surface area contributed by atoms with E-state index in [0.29, 0.717) is 0 Å². The van der Waals surface area contributed by atoms with Gasteiger partial charge in [0.2, 0.25) is 0 Å². The van der Waals surface area contributed by atoms with E-state index in [1.807, 2.05) is 27.7 Å². The van der Waals surface area contributed by atoms with Crippen molar-refractivity contribution >= 4 is 21.4 Å². The Morgan fingerprint density at radius 2 is 1.78 bits per heavy atom. The van der Waals surface area contributed by atoms with Gasteiger partial charge in [-0.15, -0.1) is 0 Å². The number of benzene rings is 1. The van der Waals surface area contributed by atoms with Crippen molar-refractivity contribution in [1.29, 1.82) is 0 Å². The average Bonchev–Trinajstić information content (AvgIpc) is 2.42. The van der Waals surface area contributed by atoms with Gasteiger partial charge in [-0.2, -0.15) is 0 Å². The molecule has 0 N–H and O–H groups in total. The van der Waals surface area contributed by atoms with Crippen molar-refractivity contribution in [1.82, 2.24) is 4.90 Å². The van der Waals surface area contributed by atoms with Gasteiger partial charge < -0.3 is 4.90 Å². The summed E-state index contributed by atoms with van der Waals surface area (Å²) >= 11 is 0. The molecule has 0 radical (unpaired) electrons. The molecule has 0 aliphatic carbocycles. The first-order chi connectivity index (χ1) is 10.2. The van der Waals surface area contributed by atoms with E-state index in [-0.39, 0.29) is 21.9 Å². The zero-order valence-corrected chi connectivity index (χ0v) is 15.0. The molecule has 0 spiro atoms. The van der Waals surface area contributed by atoms with Crippen LogP contribution in [0.25, 0.3) is 0 Å². The molecule has 0 aliphatic rings. The molecule has 7 nitrogen and oxygen atoms in total. The van der Waals surface area contributed by atoms with Crippen LogP contribution in [-0.4, -0.2) is 43.5 Å². The summed E-state index contributed by atoms with van der Waals surface area (Å²) in [5.74, 6) is -0.457. The van der Waals surface area contributed by atoms with Gasteiger partial charge in [-0.05, 0) is 18.4 Å². The van der Waals surface area contributed by atoms with Gasteiger partial charge in [-0.3, -0.25) is 14.9 Å². The quantitative estimate of drug-likeness (QED) is 0.618. The SMILES string of the molecule is C[C@H](N(C)C(=O)c1cc([N+](=O)[O-])cc(S(C)(=O)=O)c1)C(C)(C)C. The third kappa shape index (κ3) is 4.51. The van der Waals surface area contributed by atoms with Crippen molar-refractivity contribution in [3.05, 3.63) is 33.9 Å². The Morgan fingerprint density at radius 1 is 1.26 bits per heavy atom. The third-order valence-electron chi connectivity index (χ3n) is 3.93. The lowest BCUT2D eigenvalue weighted by Gasteiger charge is -2.35. The first-order valence-electron chi connectivity index (χ1n) is 7.02. The minimum atomic E-state index is -3.66. The second-order valence-electron chi connectivity index (χ2n) is 6.70. The molecule has 0 bridgehead atoms. The molecule has 1 amide bonds. The van der Waals surface area contributed by atoms with Crippen LogP contribution >= 0.6 is 0 Å². The zero-order chi connectivity index (χ0) is 18.2. The van der Waals surface area contributed by atoms with Crippen LogP contribution in [0, 0.1) is 15.5 Å². The Kier molecular flexibility index (Phi) is 5.20. The number of hydrogen-bond acceptors (Lipinski definition) is 5. The number of amides is 1. The number of nitro groups is 1. The van der Waals surface area contributed by atoms with Gasteiger partial charge in [-0.25, -0.2) is 8.42 Å². The largest absolute Gasteiger partial charge is 0.338 e. The maximum Gasteiger partial charge on any atom is 0.271 e. The number of carbonyl (C=O) groups is 1. The molecule has 0 aliphatic heterocycles. The summed E-state index contributed by atoms with van der Waals surface area (Å²) in [6.45, 7) is 7.77. The van der Waals surface area contributed by atoms with Gasteiger partial charge in [0.15, 0.2) is 9.84 Å². The summed E-state index contributed by atoms with van der Waals surface area (Å²) in [7, 11) is -2.07. The highest BCUT2D eigenvalue weighted by Crippen LogP contribution is 2.26. The number of carbonyl (C=O) groups excluding carboxylic acids is 1. The van der Waals surface area contributed by atoms with Crippen LogP contribution in [0.5, 0.6) is 0 Å². The van der Waals surface area contributed by atoms with Crippen LogP contribution in [-0.2, 0) is 9.84 Å². The molecule has 0 aromatic heterocycles. The van der Waals surface area contributed by atoms with Gasteiger partial charge in [0, 0.05) is 37.0 Å². The average molecular weight is 342 g/mol. The molecule has 0 heterocycles. The third-order valence-corrected chi connectivity index (χ3v) is 5.02. The Balaban J connectivity index is 3.39. The fraction of sp³-hybridized carbons (Fsp3) is 0.533. The fourth-order valence-corrected chi connectivity index (χ4v) is 2.66. The number of sulfone groups is 1. The normalized spacial score (nSPS) is 13.5. The molecule has 0 fully saturated rings. The molecule has 0 saturated heterocycles. The standard InChI is InChI=1S/C15H22N2O5S/c1-10(15(2,3)4)16(5)14(18)11-7-12(17(19)20)9-13(8-11)23(6,21)22/h7-10H,1-6H3/t10-/m0/s1. The van der Waals surface area contributed by atoms with Crippen LogP contribution in [0.3, 0.4) is 0 Å². The Morgan fingerprint density at radius 3 is 2.17 bits per heavy atom. The number of nitro benzene ring substituents is 1. The van der Waals surface area contributed by atoms with Crippen molar-refractivity contribution in [2.75, 3.05) is 13.3 Å². The highest BCUT2D eigenvalue weighted by Gasteiger charge is 2.29. The van der Waals surface area contributed by atoms with Crippen LogP contribution in [0.15, 0.2) is 23.1 Å². The molecule has 1 aromatic carbocycles. The van der Waals surface area contributed by atoms with Crippen LogP contribution in [0.1, 0.15) is 38.1 Å². The number of rotatable bonds is 4. The van der Waals surface area contributed by atoms with Crippen LogP contribution in [0.2, 0.25) is 0 Å². The summed E-state index contributed by atoms with van der Waals surface area (Å²) < 4.78 is 23.4. The second-order valence-corrected chi connectivity index (χ2v) is 8.72. The zero-order valence-electron chi connectivity index (χ0n) is 14.2. The van der Waals surface area contributed by atoms with Gasteiger partial charge in [0.1, 0.15) is 0 Å². The van der Waals surface area contributed by atoms with E-state index in [0.717, 1.165) is 18.4 Å². The maximum atomic E-state index is 12.6. The fourth-order valence-electron chi connectivity index (χ4n) is 1.99. The van der Waals surface area contributed by atoms with Crippen molar-refractivity contribution in [2.45, 2.75) is 38.6 Å². The highest BCUT2D eigenvalue weighted by atomic mass is 32.2. The smallest absolute Gasteiger partial charge is 0.271 e. The first kappa shape index (κ1) is 19.1. The predicted molar refractivity (Wildman–Crippen MR) is 87.2 cm³/mol. The van der Waals surface area contributed by atoms with E-state index >= 15 is 0 Å². The molecular weight excluding hydrogens is 320 g/mol. The highest BCUT2D eigenvalue weighted by molar-refractivity contribution is 7.90. The Bertz CT molecular complexity index is 735. The van der Waals surface area contributed by atoms with Crippen molar-refractivity contribution in [2.24, 2.45) is 5.41 Å². The van der Waals surface area contributed by atoms with E-state index in [9.17, 15) is 23.3 Å². The topological polar surface area (TPSA) is 97.6 Å². The number of non-ortho nitro benzene ring substituents is 1. The Hall–Kier alpha value is -1.96. The van der Waals surface area contributed by atoms with E-state index in [1.165, 1.54) is 11.0 Å². The van der Waals surface area contributed by atoms with Crippen LogP contribution in [0.4, 0.5) is 5.69 Å². The maximum absolute atomic E-state index is 12.6. The van der Waals surface area contributed by atoms with Gasteiger partial charge in [-0.1, -0.05) is 20.8 Å². The van der Waals surface area contributed by atoms with Gasteiger partial charge >= 0.3 is 0 Å². The Labute approximate surface area is 136 Å². The van der Waals surface area contributed by atoms with Gasteiger partial charge in [0.25, 0.3) is 11.6 Å².